The van der Waals surface area contributed by atoms with Gasteiger partial charge in [-0.3, -0.25) is 4.79 Å². The predicted octanol–water partition coefficient (Wildman–Crippen LogP) is 5.89. The highest BCUT2D eigenvalue weighted by Crippen LogP contribution is 2.36. The normalized spacial score (nSPS) is 11.7. The maximum absolute atomic E-state index is 14.0. The summed E-state index contributed by atoms with van der Waals surface area (Å²) in [6.07, 6.45) is -2.33. The van der Waals surface area contributed by atoms with Crippen molar-refractivity contribution in [2.24, 2.45) is 5.73 Å². The van der Waals surface area contributed by atoms with Crippen LogP contribution in [0, 0.1) is 11.6 Å². The Morgan fingerprint density at radius 2 is 1.78 bits per heavy atom. The Labute approximate surface area is 230 Å². The molecule has 4 rings (SSSR count). The molecule has 0 aliphatic rings. The molecule has 0 spiro atoms. The van der Waals surface area contributed by atoms with E-state index in [1.165, 1.54) is 31.2 Å². The molecule has 2 amide bonds. The smallest absolute Gasteiger partial charge is 0.405 e. The average Bonchev–Trinajstić information content (AvgIpc) is 3.38. The zero-order chi connectivity index (χ0) is 29.5. The number of aromatic nitrogens is 1. The number of benzene rings is 3. The van der Waals surface area contributed by atoms with E-state index in [2.05, 4.69) is 15.0 Å². The predicted molar refractivity (Wildman–Crippen MR) is 136 cm³/mol. The largest absolute Gasteiger partial charge is 0.485 e. The van der Waals surface area contributed by atoms with Crippen LogP contribution >= 0.6 is 0 Å². The molecule has 4 aromatic rings. The third-order valence-electron chi connectivity index (χ3n) is 5.63. The van der Waals surface area contributed by atoms with Crippen molar-refractivity contribution in [2.75, 3.05) is 0 Å². The summed E-state index contributed by atoms with van der Waals surface area (Å²) in [5, 5.41) is 2.45. The number of alkyl halides is 2. The Balaban J connectivity index is 1.65. The highest BCUT2D eigenvalue weighted by atomic mass is 19.3. The zero-order valence-electron chi connectivity index (χ0n) is 21.4. The van der Waals surface area contributed by atoms with Gasteiger partial charge in [0.25, 0.3) is 5.91 Å². The number of halogens is 4. The first-order valence-electron chi connectivity index (χ1n) is 12.1. The molecule has 214 valence electrons. The summed E-state index contributed by atoms with van der Waals surface area (Å²) in [5.74, 6) is -3.16. The minimum absolute atomic E-state index is 0.00118. The van der Waals surface area contributed by atoms with Crippen LogP contribution in [0.1, 0.15) is 40.4 Å². The monoisotopic (exact) mass is 573 g/mol. The Morgan fingerprint density at radius 3 is 2.46 bits per heavy atom. The van der Waals surface area contributed by atoms with Gasteiger partial charge in [0.05, 0.1) is 0 Å². The Morgan fingerprint density at radius 1 is 1.02 bits per heavy atom. The second kappa shape index (κ2) is 12.9. The van der Waals surface area contributed by atoms with Gasteiger partial charge in [0.2, 0.25) is 5.89 Å². The quantitative estimate of drug-likeness (QED) is 0.215. The molecular weight excluding hydrogens is 550 g/mol. The minimum atomic E-state index is -3.12. The lowest BCUT2D eigenvalue weighted by Crippen LogP contribution is -2.26. The van der Waals surface area contributed by atoms with Gasteiger partial charge in [-0.05, 0) is 36.8 Å². The molecule has 0 aliphatic carbocycles. The van der Waals surface area contributed by atoms with Gasteiger partial charge in [-0.15, -0.1) is 0 Å². The van der Waals surface area contributed by atoms with E-state index >= 15 is 0 Å². The maximum Gasteiger partial charge on any atom is 0.405 e. The van der Waals surface area contributed by atoms with Gasteiger partial charge >= 0.3 is 12.7 Å². The molecule has 41 heavy (non-hydrogen) atoms. The lowest BCUT2D eigenvalue weighted by Gasteiger charge is -2.13. The van der Waals surface area contributed by atoms with E-state index < -0.39 is 36.4 Å². The Hall–Kier alpha value is -5.07. The summed E-state index contributed by atoms with van der Waals surface area (Å²) in [6, 6.07) is 15.7. The molecule has 1 atom stereocenters. The first-order chi connectivity index (χ1) is 19.6. The number of hydrogen-bond acceptors (Lipinski definition) is 7. The lowest BCUT2D eigenvalue weighted by atomic mass is 10.2. The summed E-state index contributed by atoms with van der Waals surface area (Å²) >= 11 is 0. The van der Waals surface area contributed by atoms with Crippen LogP contribution in [-0.2, 0) is 17.9 Å². The summed E-state index contributed by atoms with van der Waals surface area (Å²) in [4.78, 5) is 28.6. The number of hydrogen-bond donors (Lipinski definition) is 2. The van der Waals surface area contributed by atoms with E-state index in [0.717, 1.165) is 11.6 Å². The number of carbonyl (C=O) groups excluding carboxylic acids is 2. The van der Waals surface area contributed by atoms with E-state index in [-0.39, 0.29) is 53.1 Å². The van der Waals surface area contributed by atoms with Crippen molar-refractivity contribution in [1.82, 2.24) is 10.3 Å². The molecule has 3 N–H and O–H groups in total. The topological polar surface area (TPSA) is 126 Å². The lowest BCUT2D eigenvalue weighted by molar-refractivity contribution is -0.0515. The number of amides is 2. The number of primary amides is 1. The third kappa shape index (κ3) is 7.53. The molecule has 0 saturated heterocycles. The standard InChI is InChI=1S/C28H23F4N3O6/c1-15(39-28(33)37)24-23(25(36)34-13-18-7-9-19(29)12-20(18)30)35-26(41-24)17-8-10-21(40-27(31)32)22(11-17)38-14-16-5-3-2-4-6-16/h2-12,15,27H,13-14H2,1H3,(H2,33,37)(H,34,36). The fourth-order valence-electron chi connectivity index (χ4n) is 3.73. The van der Waals surface area contributed by atoms with Gasteiger partial charge in [0, 0.05) is 23.7 Å². The van der Waals surface area contributed by atoms with Gasteiger partial charge in [-0.2, -0.15) is 8.78 Å². The maximum atomic E-state index is 14.0. The van der Waals surface area contributed by atoms with Gasteiger partial charge in [-0.25, -0.2) is 18.6 Å². The molecule has 13 heteroatoms. The van der Waals surface area contributed by atoms with Crippen molar-refractivity contribution >= 4 is 12.0 Å². The molecule has 0 saturated carbocycles. The molecule has 1 heterocycles. The van der Waals surface area contributed by atoms with Crippen molar-refractivity contribution in [1.29, 1.82) is 0 Å². The van der Waals surface area contributed by atoms with Crippen LogP contribution in [0.4, 0.5) is 22.4 Å². The highest BCUT2D eigenvalue weighted by Gasteiger charge is 2.27. The number of oxazole rings is 1. The molecule has 0 fully saturated rings. The van der Waals surface area contributed by atoms with Crippen LogP contribution in [-0.4, -0.2) is 23.6 Å². The molecule has 0 radical (unpaired) electrons. The number of carbonyl (C=O) groups is 2. The fraction of sp³-hybridized carbons (Fsp3) is 0.179. The molecule has 3 aromatic carbocycles. The summed E-state index contributed by atoms with van der Waals surface area (Å²) < 4.78 is 74.3. The number of ether oxygens (including phenoxy) is 3. The van der Waals surface area contributed by atoms with Crippen LogP contribution in [0.3, 0.4) is 0 Å². The summed E-state index contributed by atoms with van der Waals surface area (Å²) in [6.45, 7) is -2.05. The average molecular weight is 573 g/mol. The number of nitrogens with zero attached hydrogens (tertiary/aromatic N) is 1. The van der Waals surface area contributed by atoms with Gasteiger partial charge in [0.15, 0.2) is 29.1 Å². The first-order valence-corrected chi connectivity index (χ1v) is 12.1. The van der Waals surface area contributed by atoms with E-state index in [9.17, 15) is 27.2 Å². The Kier molecular flexibility index (Phi) is 9.07. The van der Waals surface area contributed by atoms with Crippen molar-refractivity contribution in [3.05, 3.63) is 101 Å². The van der Waals surface area contributed by atoms with E-state index in [1.807, 2.05) is 6.07 Å². The molecule has 0 aliphatic heterocycles. The fourth-order valence-corrected chi connectivity index (χ4v) is 3.73. The van der Waals surface area contributed by atoms with Crippen molar-refractivity contribution in [2.45, 2.75) is 32.8 Å². The zero-order valence-corrected chi connectivity index (χ0v) is 21.4. The van der Waals surface area contributed by atoms with Crippen LogP contribution < -0.4 is 20.5 Å². The van der Waals surface area contributed by atoms with Crippen LogP contribution in [0.15, 0.2) is 71.1 Å². The molecule has 1 unspecified atom stereocenters. The van der Waals surface area contributed by atoms with E-state index in [4.69, 9.17) is 19.6 Å². The van der Waals surface area contributed by atoms with Crippen LogP contribution in [0.5, 0.6) is 11.5 Å². The van der Waals surface area contributed by atoms with Gasteiger partial charge < -0.3 is 29.7 Å². The molecule has 0 bridgehead atoms. The SMILES string of the molecule is CC(OC(N)=O)c1oc(-c2ccc(OC(F)F)c(OCc3ccccc3)c2)nc1C(=O)NCc1ccc(F)cc1F. The third-order valence-corrected chi connectivity index (χ3v) is 5.63. The van der Waals surface area contributed by atoms with Gasteiger partial charge in [-0.1, -0.05) is 36.4 Å². The minimum Gasteiger partial charge on any atom is -0.485 e. The van der Waals surface area contributed by atoms with Crippen molar-refractivity contribution in [3.63, 3.8) is 0 Å². The summed E-state index contributed by atoms with van der Waals surface area (Å²) in [7, 11) is 0. The highest BCUT2D eigenvalue weighted by molar-refractivity contribution is 5.94. The van der Waals surface area contributed by atoms with E-state index in [1.54, 1.807) is 24.3 Å². The van der Waals surface area contributed by atoms with Gasteiger partial charge in [0.1, 0.15) is 18.2 Å². The Bertz CT molecular complexity index is 1530. The molecule has 1 aromatic heterocycles. The number of nitrogens with two attached hydrogens (primary N) is 1. The van der Waals surface area contributed by atoms with Crippen molar-refractivity contribution in [3.8, 4) is 23.0 Å². The second-order valence-corrected chi connectivity index (χ2v) is 8.54. The first kappa shape index (κ1) is 28.9. The van der Waals surface area contributed by atoms with Crippen LogP contribution in [0.2, 0.25) is 0 Å². The molecular formula is C28H23F4N3O6. The number of rotatable bonds is 11. The van der Waals surface area contributed by atoms with Crippen LogP contribution in [0.25, 0.3) is 11.5 Å². The molecule has 9 nitrogen and oxygen atoms in total. The number of nitrogens with one attached hydrogen (secondary N) is 1. The summed E-state index contributed by atoms with van der Waals surface area (Å²) in [5.41, 5.74) is 5.74. The second-order valence-electron chi connectivity index (χ2n) is 8.54. The van der Waals surface area contributed by atoms with E-state index in [0.29, 0.717) is 6.07 Å². The van der Waals surface area contributed by atoms with Crippen molar-refractivity contribution < 1.29 is 45.8 Å².